The van der Waals surface area contributed by atoms with Crippen molar-refractivity contribution in [3.63, 3.8) is 0 Å². The highest BCUT2D eigenvalue weighted by atomic mass is 32.2. The zero-order valence-electron chi connectivity index (χ0n) is 16.7. The topological polar surface area (TPSA) is 93.7 Å². The van der Waals surface area contributed by atoms with Crippen molar-refractivity contribution in [3.8, 4) is 11.5 Å². The van der Waals surface area contributed by atoms with E-state index in [1.54, 1.807) is 32.9 Å². The first-order valence-corrected chi connectivity index (χ1v) is 10.4. The number of ether oxygens (including phenoxy) is 2. The van der Waals surface area contributed by atoms with Crippen LogP contribution in [0, 0.1) is 6.92 Å². The molecule has 0 aliphatic rings. The standard InChI is InChI=1S/C20H26N2O5S/c1-6-27-18-10-8-15(12-19(18)28(24,25)22-13(2)3)20(23)21-16-11-14(4)7-9-17(16)26-5/h7-13,22H,6H2,1-5H3,(H,21,23). The van der Waals surface area contributed by atoms with Crippen LogP contribution in [0.25, 0.3) is 0 Å². The Kier molecular flexibility index (Phi) is 7.04. The molecule has 0 saturated heterocycles. The van der Waals surface area contributed by atoms with E-state index in [0.29, 0.717) is 18.0 Å². The summed E-state index contributed by atoms with van der Waals surface area (Å²) in [5.74, 6) is 0.257. The highest BCUT2D eigenvalue weighted by Crippen LogP contribution is 2.28. The molecule has 0 aliphatic carbocycles. The second-order valence-electron chi connectivity index (χ2n) is 6.53. The third kappa shape index (κ3) is 5.24. The van der Waals surface area contributed by atoms with Gasteiger partial charge in [0.1, 0.15) is 16.4 Å². The Morgan fingerprint density at radius 3 is 2.39 bits per heavy atom. The van der Waals surface area contributed by atoms with Gasteiger partial charge in [0, 0.05) is 11.6 Å². The minimum atomic E-state index is -3.84. The van der Waals surface area contributed by atoms with Gasteiger partial charge in [0.05, 0.1) is 19.4 Å². The lowest BCUT2D eigenvalue weighted by atomic mass is 10.1. The third-order valence-electron chi connectivity index (χ3n) is 3.79. The van der Waals surface area contributed by atoms with Gasteiger partial charge in [-0.2, -0.15) is 0 Å². The molecule has 0 aromatic heterocycles. The normalized spacial score (nSPS) is 11.4. The number of carbonyl (C=O) groups is 1. The number of anilines is 1. The molecule has 7 nitrogen and oxygen atoms in total. The second-order valence-corrected chi connectivity index (χ2v) is 8.21. The Hall–Kier alpha value is -2.58. The van der Waals surface area contributed by atoms with E-state index in [9.17, 15) is 13.2 Å². The van der Waals surface area contributed by atoms with Gasteiger partial charge in [-0.05, 0) is 63.6 Å². The second kappa shape index (κ2) is 9.07. The third-order valence-corrected chi connectivity index (χ3v) is 5.47. The lowest BCUT2D eigenvalue weighted by Crippen LogP contribution is -2.30. The minimum absolute atomic E-state index is 0.0769. The van der Waals surface area contributed by atoms with Gasteiger partial charge in [0.25, 0.3) is 5.91 Å². The Morgan fingerprint density at radius 1 is 1.11 bits per heavy atom. The summed E-state index contributed by atoms with van der Waals surface area (Å²) in [5, 5.41) is 2.77. The largest absolute Gasteiger partial charge is 0.495 e. The zero-order valence-corrected chi connectivity index (χ0v) is 17.5. The van der Waals surface area contributed by atoms with Gasteiger partial charge in [0.2, 0.25) is 10.0 Å². The van der Waals surface area contributed by atoms with Crippen LogP contribution in [-0.4, -0.2) is 34.1 Å². The number of hydrogen-bond donors (Lipinski definition) is 2. The van der Waals surface area contributed by atoms with Crippen molar-refractivity contribution >= 4 is 21.6 Å². The van der Waals surface area contributed by atoms with Gasteiger partial charge in [-0.1, -0.05) is 6.07 Å². The first-order chi connectivity index (χ1) is 13.2. The summed E-state index contributed by atoms with van der Waals surface area (Å²) < 4.78 is 38.6. The Labute approximate surface area is 166 Å². The van der Waals surface area contributed by atoms with Crippen LogP contribution >= 0.6 is 0 Å². The predicted molar refractivity (Wildman–Crippen MR) is 109 cm³/mol. The quantitative estimate of drug-likeness (QED) is 0.701. The van der Waals surface area contributed by atoms with Crippen molar-refractivity contribution in [1.82, 2.24) is 4.72 Å². The molecule has 2 aromatic carbocycles. The first-order valence-electron chi connectivity index (χ1n) is 8.93. The summed E-state index contributed by atoms with van der Waals surface area (Å²) in [6.07, 6.45) is 0. The number of aryl methyl sites for hydroxylation is 1. The van der Waals surface area contributed by atoms with Crippen LogP contribution in [-0.2, 0) is 10.0 Å². The van der Waals surface area contributed by atoms with Crippen molar-refractivity contribution in [3.05, 3.63) is 47.5 Å². The molecule has 28 heavy (non-hydrogen) atoms. The maximum Gasteiger partial charge on any atom is 0.255 e. The number of hydrogen-bond acceptors (Lipinski definition) is 5. The molecule has 0 saturated carbocycles. The Balaban J connectivity index is 2.42. The van der Waals surface area contributed by atoms with Gasteiger partial charge >= 0.3 is 0 Å². The summed E-state index contributed by atoms with van der Waals surface area (Å²) >= 11 is 0. The van der Waals surface area contributed by atoms with E-state index in [1.807, 2.05) is 13.0 Å². The lowest BCUT2D eigenvalue weighted by Gasteiger charge is -2.15. The monoisotopic (exact) mass is 406 g/mol. The fraction of sp³-hybridized carbons (Fsp3) is 0.350. The number of methoxy groups -OCH3 is 1. The fourth-order valence-electron chi connectivity index (χ4n) is 2.62. The number of amides is 1. The van der Waals surface area contributed by atoms with Crippen molar-refractivity contribution in [2.24, 2.45) is 0 Å². The van der Waals surface area contributed by atoms with Gasteiger partial charge in [-0.25, -0.2) is 13.1 Å². The number of rotatable bonds is 8. The fourth-order valence-corrected chi connectivity index (χ4v) is 4.04. The van der Waals surface area contributed by atoms with E-state index >= 15 is 0 Å². The van der Waals surface area contributed by atoms with Crippen molar-refractivity contribution < 1.29 is 22.7 Å². The van der Waals surface area contributed by atoms with Crippen LogP contribution in [0.1, 0.15) is 36.7 Å². The number of carbonyl (C=O) groups excluding carboxylic acids is 1. The van der Waals surface area contributed by atoms with Crippen molar-refractivity contribution in [2.75, 3.05) is 19.0 Å². The summed E-state index contributed by atoms with van der Waals surface area (Å²) in [4.78, 5) is 12.7. The summed E-state index contributed by atoms with van der Waals surface area (Å²) in [6, 6.07) is 9.43. The summed E-state index contributed by atoms with van der Waals surface area (Å²) in [5.41, 5.74) is 1.65. The Bertz CT molecular complexity index is 955. The molecule has 1 amide bonds. The van der Waals surface area contributed by atoms with Crippen molar-refractivity contribution in [1.29, 1.82) is 0 Å². The molecule has 152 valence electrons. The molecule has 2 N–H and O–H groups in total. The maximum absolute atomic E-state index is 12.7. The van der Waals surface area contributed by atoms with E-state index in [-0.39, 0.29) is 22.3 Å². The molecule has 0 bridgehead atoms. The highest BCUT2D eigenvalue weighted by Gasteiger charge is 2.23. The van der Waals surface area contributed by atoms with Crippen LogP contribution in [0.4, 0.5) is 5.69 Å². The van der Waals surface area contributed by atoms with E-state index in [2.05, 4.69) is 10.0 Å². The van der Waals surface area contributed by atoms with Gasteiger partial charge < -0.3 is 14.8 Å². The van der Waals surface area contributed by atoms with E-state index < -0.39 is 15.9 Å². The average molecular weight is 407 g/mol. The van der Waals surface area contributed by atoms with Crippen LogP contribution in [0.3, 0.4) is 0 Å². The molecule has 2 rings (SSSR count). The van der Waals surface area contributed by atoms with Gasteiger partial charge in [0.15, 0.2) is 0 Å². The number of sulfonamides is 1. The van der Waals surface area contributed by atoms with E-state index in [1.165, 1.54) is 25.3 Å². The SMILES string of the molecule is CCOc1ccc(C(=O)Nc2cc(C)ccc2OC)cc1S(=O)(=O)NC(C)C. The van der Waals surface area contributed by atoms with Gasteiger partial charge in [-0.3, -0.25) is 4.79 Å². The number of benzene rings is 2. The van der Waals surface area contributed by atoms with Crippen molar-refractivity contribution in [2.45, 2.75) is 38.6 Å². The van der Waals surface area contributed by atoms with Crippen LogP contribution in [0.5, 0.6) is 11.5 Å². The highest BCUT2D eigenvalue weighted by molar-refractivity contribution is 7.89. The smallest absolute Gasteiger partial charge is 0.255 e. The molecule has 0 spiro atoms. The van der Waals surface area contributed by atoms with Gasteiger partial charge in [-0.15, -0.1) is 0 Å². The molecule has 0 aliphatic heterocycles. The molecule has 2 aromatic rings. The molecule has 0 atom stereocenters. The molecule has 0 fully saturated rings. The van der Waals surface area contributed by atoms with Crippen LogP contribution in [0.2, 0.25) is 0 Å². The molecular formula is C20H26N2O5S. The summed E-state index contributed by atoms with van der Waals surface area (Å²) in [6.45, 7) is 7.40. The average Bonchev–Trinajstić information content (AvgIpc) is 2.61. The predicted octanol–water partition coefficient (Wildman–Crippen LogP) is 3.34. The maximum atomic E-state index is 12.7. The Morgan fingerprint density at radius 2 is 1.79 bits per heavy atom. The van der Waals surface area contributed by atoms with E-state index in [4.69, 9.17) is 9.47 Å². The minimum Gasteiger partial charge on any atom is -0.495 e. The molecule has 8 heteroatoms. The van der Waals surface area contributed by atoms with E-state index in [0.717, 1.165) is 5.56 Å². The zero-order chi connectivity index (χ0) is 20.9. The molecule has 0 unspecified atom stereocenters. The first kappa shape index (κ1) is 21.7. The van der Waals surface area contributed by atoms with Crippen LogP contribution < -0.4 is 19.5 Å². The van der Waals surface area contributed by atoms with Crippen LogP contribution in [0.15, 0.2) is 41.3 Å². The molecule has 0 heterocycles. The molecule has 0 radical (unpaired) electrons. The molecular weight excluding hydrogens is 380 g/mol. The lowest BCUT2D eigenvalue weighted by molar-refractivity contribution is 0.102. The number of nitrogens with one attached hydrogen (secondary N) is 2. The summed E-state index contributed by atoms with van der Waals surface area (Å²) in [7, 11) is -2.33.